The monoisotopic (exact) mass is 469 g/mol. The molecule has 176 valence electrons. The number of halogens is 2. The number of alkyl halides is 2. The molecule has 0 heterocycles. The highest BCUT2D eigenvalue weighted by molar-refractivity contribution is 7.54. The van der Waals surface area contributed by atoms with E-state index in [1.165, 1.54) is 32.0 Å². The van der Waals surface area contributed by atoms with E-state index in [9.17, 15) is 9.36 Å². The first-order valence-corrected chi connectivity index (χ1v) is 11.9. The van der Waals surface area contributed by atoms with E-state index < -0.39 is 30.8 Å². The lowest BCUT2D eigenvalue weighted by molar-refractivity contribution is -0.150. The maximum atomic E-state index is 15.1. The summed E-state index contributed by atoms with van der Waals surface area (Å²) in [5.74, 6) is -0.467. The molecule has 0 spiro atoms. The van der Waals surface area contributed by atoms with E-state index in [4.69, 9.17) is 13.8 Å². The van der Waals surface area contributed by atoms with Gasteiger partial charge in [-0.1, -0.05) is 48.5 Å². The Morgan fingerprint density at radius 2 is 1.59 bits per heavy atom. The molecular weight excluding hydrogens is 439 g/mol. The number of carbonyl (C=O) groups excluding carboxylic acids is 1. The summed E-state index contributed by atoms with van der Waals surface area (Å²) in [5, 5.41) is 0. The van der Waals surface area contributed by atoms with E-state index in [2.05, 4.69) is 0 Å². The zero-order valence-corrected chi connectivity index (χ0v) is 19.7. The second-order valence-corrected chi connectivity index (χ2v) is 9.42. The number of hydrogen-bond donors (Lipinski definition) is 0. The largest absolute Gasteiger partial charge is 0.460 e. The SMILES string of the molecule is CCOP(=O)(OCC)C(F)(F)c1cccc(C[C@@H](C(=O)OCc2ccccc2)N(C)C)c1. The molecule has 9 heteroatoms. The lowest BCUT2D eigenvalue weighted by Gasteiger charge is -2.27. The standard InChI is InChI=1S/C23H30F2NO5P/c1-5-30-32(28,31-6-2)23(24,25)20-14-10-13-19(15-20)16-21(26(3)4)22(27)29-17-18-11-8-7-9-12-18/h7-15,21H,5-6,16-17H2,1-4H3/t21-/m0/s1. The minimum Gasteiger partial charge on any atom is -0.460 e. The smallest absolute Gasteiger partial charge is 0.404 e. The highest BCUT2D eigenvalue weighted by atomic mass is 31.2. The van der Waals surface area contributed by atoms with Gasteiger partial charge in [-0.15, -0.1) is 0 Å². The average molecular weight is 469 g/mol. The maximum Gasteiger partial charge on any atom is 0.404 e. The van der Waals surface area contributed by atoms with E-state index in [-0.39, 0.29) is 26.2 Å². The van der Waals surface area contributed by atoms with Gasteiger partial charge in [0.15, 0.2) is 0 Å². The van der Waals surface area contributed by atoms with Crippen LogP contribution >= 0.6 is 7.60 Å². The summed E-state index contributed by atoms with van der Waals surface area (Å²) in [6.07, 6.45) is 0.137. The zero-order chi connectivity index (χ0) is 23.8. The van der Waals surface area contributed by atoms with Crippen LogP contribution in [0.4, 0.5) is 8.78 Å². The van der Waals surface area contributed by atoms with Crippen molar-refractivity contribution in [2.24, 2.45) is 0 Å². The van der Waals surface area contributed by atoms with Gasteiger partial charge < -0.3 is 13.8 Å². The molecule has 0 unspecified atom stereocenters. The van der Waals surface area contributed by atoms with Crippen molar-refractivity contribution >= 4 is 13.6 Å². The Bertz CT molecular complexity index is 914. The Labute approximate surface area is 188 Å². The fourth-order valence-electron chi connectivity index (χ4n) is 3.11. The molecule has 0 aliphatic rings. The first-order valence-electron chi connectivity index (χ1n) is 10.4. The molecule has 0 bridgehead atoms. The summed E-state index contributed by atoms with van der Waals surface area (Å²) in [5.41, 5.74) is -3.01. The molecule has 0 saturated carbocycles. The number of rotatable bonds is 12. The zero-order valence-electron chi connectivity index (χ0n) is 18.8. The number of nitrogens with zero attached hydrogens (tertiary/aromatic N) is 1. The summed E-state index contributed by atoms with van der Waals surface area (Å²) in [6.45, 7) is 2.71. The highest BCUT2D eigenvalue weighted by Gasteiger charge is 2.54. The summed E-state index contributed by atoms with van der Waals surface area (Å²) in [6, 6.07) is 14.0. The molecule has 0 aliphatic heterocycles. The first kappa shape index (κ1) is 26.1. The summed E-state index contributed by atoms with van der Waals surface area (Å²) in [7, 11) is -1.29. The van der Waals surface area contributed by atoms with E-state index in [1.807, 2.05) is 30.3 Å². The van der Waals surface area contributed by atoms with Crippen LogP contribution in [0.3, 0.4) is 0 Å². The van der Waals surface area contributed by atoms with E-state index in [0.717, 1.165) is 5.56 Å². The van der Waals surface area contributed by atoms with Gasteiger partial charge in [0.1, 0.15) is 12.6 Å². The Morgan fingerprint density at radius 1 is 1.00 bits per heavy atom. The fourth-order valence-corrected chi connectivity index (χ4v) is 4.64. The van der Waals surface area contributed by atoms with Crippen molar-refractivity contribution < 1.29 is 31.9 Å². The van der Waals surface area contributed by atoms with E-state index in [0.29, 0.717) is 5.56 Å². The number of likely N-dealkylation sites (N-methyl/N-ethyl adjacent to an activating group) is 1. The first-order chi connectivity index (χ1) is 15.1. The van der Waals surface area contributed by atoms with E-state index in [1.54, 1.807) is 25.1 Å². The molecule has 0 saturated heterocycles. The van der Waals surface area contributed by atoms with Gasteiger partial charge in [0.2, 0.25) is 0 Å². The minimum absolute atomic E-state index is 0.119. The number of ether oxygens (including phenoxy) is 1. The predicted octanol–water partition coefficient (Wildman–Crippen LogP) is 5.22. The van der Waals surface area contributed by atoms with Crippen molar-refractivity contribution in [3.05, 3.63) is 71.3 Å². The van der Waals surface area contributed by atoms with Crippen LogP contribution in [0.2, 0.25) is 0 Å². The normalized spacial score (nSPS) is 13.2. The summed E-state index contributed by atoms with van der Waals surface area (Å²) in [4.78, 5) is 14.3. The van der Waals surface area contributed by atoms with Crippen LogP contribution in [0, 0.1) is 0 Å². The van der Waals surface area contributed by atoms with Gasteiger partial charge in [-0.2, -0.15) is 8.78 Å². The molecule has 6 nitrogen and oxygen atoms in total. The van der Waals surface area contributed by atoms with Crippen LogP contribution in [0.1, 0.15) is 30.5 Å². The molecule has 0 fully saturated rings. The van der Waals surface area contributed by atoms with Crippen LogP contribution in [0.5, 0.6) is 0 Å². The summed E-state index contributed by atoms with van der Waals surface area (Å²) < 4.78 is 58.1. The topological polar surface area (TPSA) is 65.1 Å². The molecule has 0 amide bonds. The van der Waals surface area contributed by atoms with Crippen molar-refractivity contribution in [2.75, 3.05) is 27.3 Å². The molecule has 2 rings (SSSR count). The summed E-state index contributed by atoms with van der Waals surface area (Å²) >= 11 is 0. The van der Waals surface area contributed by atoms with Crippen LogP contribution < -0.4 is 0 Å². The van der Waals surface area contributed by atoms with Crippen LogP contribution in [0.25, 0.3) is 0 Å². The molecule has 0 aromatic heterocycles. The fraction of sp³-hybridized carbons (Fsp3) is 0.435. The van der Waals surface area contributed by atoms with Gasteiger partial charge in [-0.3, -0.25) is 14.3 Å². The Morgan fingerprint density at radius 3 is 2.16 bits per heavy atom. The van der Waals surface area contributed by atoms with Crippen molar-refractivity contribution in [1.29, 1.82) is 0 Å². The van der Waals surface area contributed by atoms with Crippen LogP contribution in [-0.4, -0.2) is 44.2 Å². The second-order valence-electron chi connectivity index (χ2n) is 7.35. The van der Waals surface area contributed by atoms with Gasteiger partial charge in [0, 0.05) is 5.56 Å². The number of benzene rings is 2. The van der Waals surface area contributed by atoms with Crippen molar-refractivity contribution in [3.8, 4) is 0 Å². The molecule has 2 aromatic rings. The third kappa shape index (κ3) is 6.45. The number of carbonyl (C=O) groups is 1. The van der Waals surface area contributed by atoms with Gasteiger partial charge in [-0.05, 0) is 51.6 Å². The van der Waals surface area contributed by atoms with Crippen molar-refractivity contribution in [1.82, 2.24) is 4.90 Å². The van der Waals surface area contributed by atoms with Gasteiger partial charge in [0.05, 0.1) is 13.2 Å². The molecule has 2 aromatic carbocycles. The molecule has 0 radical (unpaired) electrons. The van der Waals surface area contributed by atoms with Crippen molar-refractivity contribution in [2.45, 2.75) is 38.6 Å². The van der Waals surface area contributed by atoms with Gasteiger partial charge in [-0.25, -0.2) is 0 Å². The maximum absolute atomic E-state index is 15.1. The molecule has 0 aliphatic carbocycles. The number of esters is 1. The minimum atomic E-state index is -4.72. The number of hydrogen-bond acceptors (Lipinski definition) is 6. The van der Waals surface area contributed by atoms with Gasteiger partial charge >= 0.3 is 19.2 Å². The second kappa shape index (κ2) is 11.7. The van der Waals surface area contributed by atoms with Gasteiger partial charge in [0.25, 0.3) is 0 Å². The Hall–Kier alpha value is -2.12. The molecule has 1 atom stereocenters. The average Bonchev–Trinajstić information content (AvgIpc) is 2.77. The third-order valence-electron chi connectivity index (χ3n) is 4.76. The van der Waals surface area contributed by atoms with Crippen molar-refractivity contribution in [3.63, 3.8) is 0 Å². The molecule has 0 N–H and O–H groups in total. The third-order valence-corrected chi connectivity index (χ3v) is 6.91. The Balaban J connectivity index is 2.21. The Kier molecular flexibility index (Phi) is 9.52. The lowest BCUT2D eigenvalue weighted by Crippen LogP contribution is -2.39. The predicted molar refractivity (Wildman–Crippen MR) is 119 cm³/mol. The molecular formula is C23H30F2NO5P. The lowest BCUT2D eigenvalue weighted by atomic mass is 10.0. The van der Waals surface area contributed by atoms with E-state index >= 15 is 8.78 Å². The molecule has 32 heavy (non-hydrogen) atoms. The van der Waals surface area contributed by atoms with Crippen LogP contribution in [-0.2, 0) is 41.8 Å². The quantitative estimate of drug-likeness (QED) is 0.314. The van der Waals surface area contributed by atoms with Crippen LogP contribution in [0.15, 0.2) is 54.6 Å². The highest BCUT2D eigenvalue weighted by Crippen LogP contribution is 2.66.